The molecule has 4 aromatic carbocycles. The number of phenolic OH excluding ortho intramolecular Hbond substituents is 2. The lowest BCUT2D eigenvalue weighted by Crippen LogP contribution is -2.21. The summed E-state index contributed by atoms with van der Waals surface area (Å²) in [5.74, 6) is -2.99. The van der Waals surface area contributed by atoms with Crippen molar-refractivity contribution in [3.8, 4) is 33.8 Å². The van der Waals surface area contributed by atoms with Crippen LogP contribution in [0.3, 0.4) is 0 Å². The number of Topliss-reactive ketones (excluding diaryl/α,β-unsaturated/α-hetero) is 1. The number of carbonyl (C=O) groups excluding carboxylic acids is 1. The molecule has 0 spiro atoms. The number of alkyl halides is 3. The number of nitrogens with one attached hydrogen (secondary N) is 2. The number of ketones is 1. The van der Waals surface area contributed by atoms with E-state index in [1.54, 1.807) is 56.3 Å². The van der Waals surface area contributed by atoms with E-state index in [2.05, 4.69) is 19.9 Å². The van der Waals surface area contributed by atoms with E-state index in [-0.39, 0.29) is 44.8 Å². The third kappa shape index (κ3) is 8.19. The predicted octanol–water partition coefficient (Wildman–Crippen LogP) is 5.65. The first-order chi connectivity index (χ1) is 23.4. The number of hydrogen-bond donors (Lipinski definition) is 6. The van der Waals surface area contributed by atoms with Crippen molar-refractivity contribution in [1.82, 2.24) is 19.9 Å². The molecule has 12 nitrogen and oxygen atoms in total. The van der Waals surface area contributed by atoms with Crippen LogP contribution >= 0.6 is 0 Å². The smallest absolute Gasteiger partial charge is 0.490 e. The van der Waals surface area contributed by atoms with E-state index in [9.17, 15) is 42.9 Å². The highest BCUT2D eigenvalue weighted by atomic mass is 19.4. The van der Waals surface area contributed by atoms with Crippen molar-refractivity contribution in [1.29, 1.82) is 0 Å². The van der Waals surface area contributed by atoms with Gasteiger partial charge in [0, 0.05) is 5.56 Å². The van der Waals surface area contributed by atoms with Crippen molar-refractivity contribution in [3.63, 3.8) is 0 Å². The summed E-state index contributed by atoms with van der Waals surface area (Å²) in [4.78, 5) is 57.3. The summed E-state index contributed by atoms with van der Waals surface area (Å²) in [6.45, 7) is 4.87. The van der Waals surface area contributed by atoms with Crippen LogP contribution in [0.2, 0.25) is 0 Å². The van der Waals surface area contributed by atoms with Gasteiger partial charge in [-0.2, -0.15) is 13.2 Å². The van der Waals surface area contributed by atoms with Crippen LogP contribution < -0.4 is 11.1 Å². The zero-order chi connectivity index (χ0) is 37.0. The van der Waals surface area contributed by atoms with Crippen LogP contribution in [0.1, 0.15) is 36.7 Å². The van der Waals surface area contributed by atoms with Gasteiger partial charge in [0.15, 0.2) is 5.78 Å². The minimum absolute atomic E-state index is 0.0656. The fourth-order valence-electron chi connectivity index (χ4n) is 4.94. The van der Waals surface area contributed by atoms with Crippen LogP contribution in [0.15, 0.2) is 95.0 Å². The average Bonchev–Trinajstić information content (AvgIpc) is 3.05. The van der Waals surface area contributed by atoms with Gasteiger partial charge < -0.3 is 30.4 Å². The van der Waals surface area contributed by atoms with Gasteiger partial charge in [0.1, 0.15) is 22.5 Å². The predicted molar refractivity (Wildman–Crippen MR) is 178 cm³/mol. The largest absolute Gasteiger partial charge is 0.506 e. The highest BCUT2D eigenvalue weighted by Crippen LogP contribution is 2.35. The van der Waals surface area contributed by atoms with Crippen LogP contribution in [0.4, 0.5) is 13.2 Å². The molecule has 258 valence electrons. The molecule has 0 amide bonds. The lowest BCUT2D eigenvalue weighted by molar-refractivity contribution is -0.192. The Bertz CT molecular complexity index is 2350. The van der Waals surface area contributed by atoms with Crippen molar-refractivity contribution in [3.05, 3.63) is 117 Å². The number of carboxylic acid groups (broad SMARTS) is 1. The van der Waals surface area contributed by atoms with Crippen molar-refractivity contribution in [2.75, 3.05) is 0 Å². The van der Waals surface area contributed by atoms with E-state index in [0.717, 1.165) is 5.56 Å². The van der Waals surface area contributed by atoms with Gasteiger partial charge in [-0.1, -0.05) is 48.5 Å². The summed E-state index contributed by atoms with van der Waals surface area (Å²) in [5, 5.41) is 38.3. The van der Waals surface area contributed by atoms with Crippen molar-refractivity contribution in [2.24, 2.45) is 0 Å². The Balaban J connectivity index is 0.000000190. The van der Waals surface area contributed by atoms with Gasteiger partial charge in [0.2, 0.25) is 0 Å². The first-order valence-electron chi connectivity index (χ1n) is 14.5. The maximum Gasteiger partial charge on any atom is 0.490 e. The minimum atomic E-state index is -5.08. The average molecular weight is 691 g/mol. The Morgan fingerprint density at radius 1 is 0.720 bits per heavy atom. The highest BCUT2D eigenvalue weighted by Gasteiger charge is 2.38. The molecule has 2 aromatic heterocycles. The molecule has 0 aliphatic rings. The number of aromatic amines is 2. The zero-order valence-corrected chi connectivity index (χ0v) is 26.5. The molecule has 50 heavy (non-hydrogen) atoms. The Kier molecular flexibility index (Phi) is 10.5. The van der Waals surface area contributed by atoms with Crippen LogP contribution in [0.5, 0.6) is 11.5 Å². The summed E-state index contributed by atoms with van der Waals surface area (Å²) in [6, 6.07) is 20.8. The van der Waals surface area contributed by atoms with Gasteiger partial charge in [-0.05, 0) is 72.9 Å². The molecule has 2 heterocycles. The number of halogens is 3. The van der Waals surface area contributed by atoms with Gasteiger partial charge >= 0.3 is 12.1 Å². The molecule has 6 aromatic rings. The second-order valence-corrected chi connectivity index (χ2v) is 11.3. The summed E-state index contributed by atoms with van der Waals surface area (Å²) in [5.41, 5.74) is 2.75. The number of aliphatic carboxylic acids is 1. The number of carboxylic acids is 1. The summed E-state index contributed by atoms with van der Waals surface area (Å²) in [6.07, 6.45) is -2.58. The maximum atomic E-state index is 11.9. The van der Waals surface area contributed by atoms with Crippen LogP contribution in [0.25, 0.3) is 44.1 Å². The van der Waals surface area contributed by atoms with E-state index >= 15 is 0 Å². The molecule has 0 aliphatic carbocycles. The molecule has 0 saturated heterocycles. The molecule has 0 saturated carbocycles. The molecule has 0 aliphatic heterocycles. The lowest BCUT2D eigenvalue weighted by atomic mass is 9.89. The van der Waals surface area contributed by atoms with Gasteiger partial charge in [-0.25, -0.2) is 14.8 Å². The van der Waals surface area contributed by atoms with Crippen LogP contribution in [0, 0.1) is 0 Å². The Labute approximate surface area is 280 Å². The van der Waals surface area contributed by atoms with E-state index in [4.69, 9.17) is 9.90 Å². The fraction of sp³-hybridized carbons (Fsp3) is 0.143. The van der Waals surface area contributed by atoms with Gasteiger partial charge in [-0.15, -0.1) is 0 Å². The van der Waals surface area contributed by atoms with E-state index in [0.29, 0.717) is 33.2 Å². The molecule has 0 atom stereocenters. The molecular weight excluding hydrogens is 661 g/mol. The molecule has 0 fully saturated rings. The van der Waals surface area contributed by atoms with Gasteiger partial charge in [0.25, 0.3) is 11.1 Å². The van der Waals surface area contributed by atoms with Gasteiger partial charge in [0.05, 0.1) is 29.0 Å². The number of aliphatic hydroxyl groups is 1. The second kappa shape index (κ2) is 14.4. The topological polar surface area (TPSA) is 207 Å². The van der Waals surface area contributed by atoms with Crippen molar-refractivity contribution >= 4 is 33.6 Å². The lowest BCUT2D eigenvalue weighted by Gasteiger charge is -2.22. The molecule has 0 unspecified atom stereocenters. The summed E-state index contributed by atoms with van der Waals surface area (Å²) in [7, 11) is 0. The number of phenols is 2. The Morgan fingerprint density at radius 2 is 1.14 bits per heavy atom. The van der Waals surface area contributed by atoms with E-state index in [1.807, 2.05) is 24.3 Å². The molecule has 6 rings (SSSR count). The number of fused-ring (bicyclic) bond motifs is 2. The van der Waals surface area contributed by atoms with E-state index < -0.39 is 17.7 Å². The standard InChI is InChI=1S/C17H16N2O3.C16H12N2O3.C2HF3O2/c1-17(2,22)13-6-4-3-5-11(13)10-7-12-15(14(20)8-10)18-9-19-16(12)21;1-9(19)11-4-2-3-5-12(11)10-6-13-15(14(20)7-10)17-8-18-16(13)21;3-2(4,5)1(6)7/h3-9,20,22H,1-2H3,(H,18,19,21);2-8,20H,1H3,(H,17,18,21);(H,6,7). The quantitative estimate of drug-likeness (QED) is 0.125. The molecule has 0 bridgehead atoms. The van der Waals surface area contributed by atoms with Crippen LogP contribution in [-0.2, 0) is 10.4 Å². The Hall–Kier alpha value is -6.35. The number of aromatic hydroxyl groups is 2. The first kappa shape index (κ1) is 36.5. The SMILES string of the molecule is CC(=O)c1ccccc1-c1cc(O)c2nc[nH]c(=O)c2c1.CC(C)(O)c1ccccc1-c1cc(O)c2nc[nH]c(=O)c2c1.O=C(O)C(F)(F)F. The third-order valence-corrected chi connectivity index (χ3v) is 7.20. The van der Waals surface area contributed by atoms with E-state index in [1.165, 1.54) is 25.6 Å². The van der Waals surface area contributed by atoms with Crippen molar-refractivity contribution < 1.29 is 43.2 Å². The highest BCUT2D eigenvalue weighted by molar-refractivity contribution is 6.02. The number of aromatic nitrogens is 4. The summed E-state index contributed by atoms with van der Waals surface area (Å²) < 4.78 is 31.7. The fourth-order valence-corrected chi connectivity index (χ4v) is 4.94. The zero-order valence-electron chi connectivity index (χ0n) is 26.5. The molecule has 0 radical (unpaired) electrons. The maximum absolute atomic E-state index is 11.9. The first-order valence-corrected chi connectivity index (χ1v) is 14.5. The van der Waals surface area contributed by atoms with Gasteiger partial charge in [-0.3, -0.25) is 14.4 Å². The number of rotatable bonds is 4. The molecule has 6 N–H and O–H groups in total. The van der Waals surface area contributed by atoms with Crippen LogP contribution in [-0.4, -0.2) is 58.3 Å². The number of hydrogen-bond acceptors (Lipinski definition) is 9. The molecular formula is C35H29F3N4O8. The van der Waals surface area contributed by atoms with Crippen molar-refractivity contribution in [2.45, 2.75) is 32.5 Å². The number of H-pyrrole nitrogens is 2. The monoisotopic (exact) mass is 690 g/mol. The Morgan fingerprint density at radius 3 is 1.58 bits per heavy atom. The minimum Gasteiger partial charge on any atom is -0.506 e. The summed E-state index contributed by atoms with van der Waals surface area (Å²) >= 11 is 0. The number of benzene rings is 4. The normalized spacial score (nSPS) is 11.3. The third-order valence-electron chi connectivity index (χ3n) is 7.20. The number of carbonyl (C=O) groups is 2. The second-order valence-electron chi connectivity index (χ2n) is 11.3. The number of nitrogens with zero attached hydrogens (tertiary/aromatic N) is 2. The molecule has 15 heteroatoms.